The van der Waals surface area contributed by atoms with E-state index in [0.717, 1.165) is 28.9 Å². The van der Waals surface area contributed by atoms with Crippen molar-refractivity contribution in [3.63, 3.8) is 0 Å². The van der Waals surface area contributed by atoms with Crippen LogP contribution in [-0.2, 0) is 6.54 Å². The maximum Gasteiger partial charge on any atom is 0.255 e. The second kappa shape index (κ2) is 6.20. The van der Waals surface area contributed by atoms with Gasteiger partial charge in [-0.25, -0.2) is 4.39 Å². The summed E-state index contributed by atoms with van der Waals surface area (Å²) in [6.07, 6.45) is 2.03. The van der Waals surface area contributed by atoms with Crippen molar-refractivity contribution in [1.82, 2.24) is 9.47 Å². The van der Waals surface area contributed by atoms with Crippen LogP contribution in [0.4, 0.5) is 4.39 Å². The highest BCUT2D eigenvalue weighted by molar-refractivity contribution is 5.96. The molecule has 25 heavy (non-hydrogen) atoms. The van der Waals surface area contributed by atoms with Gasteiger partial charge in [0.1, 0.15) is 5.82 Å². The number of aromatic nitrogens is 1. The largest absolute Gasteiger partial charge is 0.348 e. The predicted octanol–water partition coefficient (Wildman–Crippen LogP) is 4.18. The molecule has 0 radical (unpaired) electrons. The Bertz CT molecular complexity index is 914. The number of hydrogen-bond donors (Lipinski definition) is 0. The van der Waals surface area contributed by atoms with Crippen LogP contribution in [0.15, 0.2) is 66.9 Å². The lowest BCUT2D eigenvalue weighted by atomic mass is 9.98. The summed E-state index contributed by atoms with van der Waals surface area (Å²) in [4.78, 5) is 15.1. The first-order chi connectivity index (χ1) is 12.1. The molecular weight excluding hydrogens is 315 g/mol. The second-order valence-corrected chi connectivity index (χ2v) is 6.39. The van der Waals surface area contributed by atoms with Crippen LogP contribution in [0.25, 0.3) is 0 Å². The molecule has 3 aromatic rings. The maximum atomic E-state index is 13.4. The number of rotatable bonds is 2. The fraction of sp³-hybridized carbons (Fsp3) is 0.190. The van der Waals surface area contributed by atoms with Crippen LogP contribution in [0.5, 0.6) is 0 Å². The Hall–Kier alpha value is -2.88. The zero-order chi connectivity index (χ0) is 17.4. The van der Waals surface area contributed by atoms with E-state index in [4.69, 9.17) is 0 Å². The van der Waals surface area contributed by atoms with Crippen LogP contribution in [0.1, 0.15) is 33.2 Å². The Morgan fingerprint density at radius 3 is 2.52 bits per heavy atom. The van der Waals surface area contributed by atoms with E-state index in [9.17, 15) is 9.18 Å². The molecule has 126 valence electrons. The Morgan fingerprint density at radius 2 is 1.76 bits per heavy atom. The molecule has 2 heterocycles. The average molecular weight is 334 g/mol. The topological polar surface area (TPSA) is 25.2 Å². The minimum Gasteiger partial charge on any atom is -0.348 e. The highest BCUT2D eigenvalue weighted by Gasteiger charge is 2.33. The van der Waals surface area contributed by atoms with Crippen molar-refractivity contribution in [2.45, 2.75) is 19.5 Å². The van der Waals surface area contributed by atoms with E-state index in [2.05, 4.69) is 4.57 Å². The summed E-state index contributed by atoms with van der Waals surface area (Å²) in [7, 11) is 0. The molecule has 1 amide bonds. The molecule has 0 aliphatic carbocycles. The predicted molar refractivity (Wildman–Crippen MR) is 94.9 cm³/mol. The summed E-state index contributed by atoms with van der Waals surface area (Å²) in [5.41, 5.74) is 3.66. The number of fused-ring (bicyclic) bond motifs is 1. The Labute approximate surface area is 146 Å². The summed E-state index contributed by atoms with van der Waals surface area (Å²) >= 11 is 0. The number of aryl methyl sites for hydroxylation is 1. The quantitative estimate of drug-likeness (QED) is 0.690. The molecule has 1 aliphatic heterocycles. The highest BCUT2D eigenvalue weighted by Crippen LogP contribution is 2.33. The number of carbonyl (C=O) groups excluding carboxylic acids is 1. The van der Waals surface area contributed by atoms with Crippen LogP contribution in [0, 0.1) is 12.7 Å². The van der Waals surface area contributed by atoms with Gasteiger partial charge in [0.2, 0.25) is 0 Å². The van der Waals surface area contributed by atoms with Crippen LogP contribution < -0.4 is 0 Å². The molecule has 3 nitrogen and oxygen atoms in total. The minimum atomic E-state index is -0.272. The molecule has 2 aromatic carbocycles. The van der Waals surface area contributed by atoms with E-state index in [1.807, 2.05) is 54.4 Å². The molecule has 0 N–H and O–H groups in total. The lowest BCUT2D eigenvalue weighted by molar-refractivity contribution is 0.0663. The lowest BCUT2D eigenvalue weighted by Crippen LogP contribution is -2.42. The second-order valence-electron chi connectivity index (χ2n) is 6.39. The van der Waals surface area contributed by atoms with Gasteiger partial charge in [0, 0.05) is 30.5 Å². The number of carbonyl (C=O) groups is 1. The van der Waals surface area contributed by atoms with Gasteiger partial charge in [-0.2, -0.15) is 0 Å². The average Bonchev–Trinajstić information content (AvgIpc) is 3.10. The van der Waals surface area contributed by atoms with Crippen molar-refractivity contribution < 1.29 is 9.18 Å². The third kappa shape index (κ3) is 2.74. The standard InChI is InChI=1S/C21H19FN2O/c1-15-5-2-3-6-18(15)21(25)24-14-13-23-12-4-7-19(23)20(24)16-8-10-17(22)11-9-16/h2-12,20H,13-14H2,1H3. The highest BCUT2D eigenvalue weighted by atomic mass is 19.1. The number of nitrogens with zero attached hydrogens (tertiary/aromatic N) is 2. The van der Waals surface area contributed by atoms with Crippen molar-refractivity contribution in [2.75, 3.05) is 6.54 Å². The smallest absolute Gasteiger partial charge is 0.255 e. The summed E-state index contributed by atoms with van der Waals surface area (Å²) in [5.74, 6) is -0.258. The molecule has 4 rings (SSSR count). The minimum absolute atomic E-state index is 0.0138. The molecular formula is C21H19FN2O. The van der Waals surface area contributed by atoms with Crippen molar-refractivity contribution in [2.24, 2.45) is 0 Å². The van der Waals surface area contributed by atoms with Gasteiger partial charge in [-0.15, -0.1) is 0 Å². The van der Waals surface area contributed by atoms with Gasteiger partial charge in [0.05, 0.1) is 6.04 Å². The van der Waals surface area contributed by atoms with Crippen molar-refractivity contribution in [3.8, 4) is 0 Å². The zero-order valence-electron chi connectivity index (χ0n) is 14.0. The van der Waals surface area contributed by atoms with Crippen molar-refractivity contribution in [3.05, 3.63) is 95.1 Å². The number of halogens is 1. The first kappa shape index (κ1) is 15.6. The molecule has 1 unspecified atom stereocenters. The van der Waals surface area contributed by atoms with Gasteiger partial charge in [-0.3, -0.25) is 4.79 Å². The molecule has 1 atom stereocenters. The first-order valence-electron chi connectivity index (χ1n) is 8.42. The fourth-order valence-corrected chi connectivity index (χ4v) is 3.57. The third-order valence-electron chi connectivity index (χ3n) is 4.86. The molecule has 0 spiro atoms. The number of benzene rings is 2. The Balaban J connectivity index is 1.79. The molecule has 0 saturated carbocycles. The lowest BCUT2D eigenvalue weighted by Gasteiger charge is -2.37. The van der Waals surface area contributed by atoms with E-state index in [-0.39, 0.29) is 17.8 Å². The normalized spacial score (nSPS) is 16.6. The van der Waals surface area contributed by atoms with Gasteiger partial charge >= 0.3 is 0 Å². The van der Waals surface area contributed by atoms with Gasteiger partial charge in [0.25, 0.3) is 5.91 Å². The van der Waals surface area contributed by atoms with E-state index in [1.165, 1.54) is 12.1 Å². The summed E-state index contributed by atoms with van der Waals surface area (Å²) in [6, 6.07) is 17.9. The van der Waals surface area contributed by atoms with Crippen LogP contribution in [0.3, 0.4) is 0 Å². The number of hydrogen-bond acceptors (Lipinski definition) is 1. The van der Waals surface area contributed by atoms with Gasteiger partial charge in [0.15, 0.2) is 0 Å². The molecule has 1 aromatic heterocycles. The van der Waals surface area contributed by atoms with E-state index >= 15 is 0 Å². The monoisotopic (exact) mass is 334 g/mol. The summed E-state index contributed by atoms with van der Waals surface area (Å²) in [6.45, 7) is 3.33. The SMILES string of the molecule is Cc1ccccc1C(=O)N1CCn2cccc2C1c1ccc(F)cc1. The molecule has 0 fully saturated rings. The van der Waals surface area contributed by atoms with Crippen LogP contribution >= 0.6 is 0 Å². The van der Waals surface area contributed by atoms with Crippen LogP contribution in [-0.4, -0.2) is 21.9 Å². The summed E-state index contributed by atoms with van der Waals surface area (Å²) in [5, 5.41) is 0. The summed E-state index contributed by atoms with van der Waals surface area (Å²) < 4.78 is 15.5. The first-order valence-corrected chi connectivity index (χ1v) is 8.42. The van der Waals surface area contributed by atoms with Crippen molar-refractivity contribution in [1.29, 1.82) is 0 Å². The van der Waals surface area contributed by atoms with Gasteiger partial charge in [-0.05, 0) is 48.4 Å². The van der Waals surface area contributed by atoms with Gasteiger partial charge < -0.3 is 9.47 Å². The van der Waals surface area contributed by atoms with Crippen molar-refractivity contribution >= 4 is 5.91 Å². The third-order valence-corrected chi connectivity index (χ3v) is 4.86. The molecule has 1 aliphatic rings. The fourth-order valence-electron chi connectivity index (χ4n) is 3.57. The molecule has 4 heteroatoms. The Kier molecular flexibility index (Phi) is 3.88. The van der Waals surface area contributed by atoms with Crippen LogP contribution in [0.2, 0.25) is 0 Å². The number of amides is 1. The Morgan fingerprint density at radius 1 is 1.00 bits per heavy atom. The molecule has 0 bridgehead atoms. The zero-order valence-corrected chi connectivity index (χ0v) is 14.0. The van der Waals surface area contributed by atoms with E-state index < -0.39 is 0 Å². The van der Waals surface area contributed by atoms with E-state index in [1.54, 1.807) is 12.1 Å². The maximum absolute atomic E-state index is 13.4. The molecule has 0 saturated heterocycles. The van der Waals surface area contributed by atoms with E-state index in [0.29, 0.717) is 6.54 Å². The van der Waals surface area contributed by atoms with Gasteiger partial charge in [-0.1, -0.05) is 30.3 Å².